The molecule has 0 radical (unpaired) electrons. The molecule has 9 heteroatoms. The second-order valence-corrected chi connectivity index (χ2v) is 7.75. The number of rotatable bonds is 10. The molecule has 4 N–H and O–H groups in total. The first kappa shape index (κ1) is 20.1. The average molecular weight is 404 g/mol. The number of nitrogens with zero attached hydrogens (tertiary/aromatic N) is 3. The smallest absolute Gasteiger partial charge is 0.320 e. The molecule has 3 rings (SSSR count). The molecule has 0 fully saturated rings. The maximum atomic E-state index is 9.67. The molecule has 1 atom stereocenters. The highest BCUT2D eigenvalue weighted by molar-refractivity contribution is 7.22. The van der Waals surface area contributed by atoms with E-state index in [0.717, 1.165) is 16.9 Å². The Morgan fingerprint density at radius 2 is 1.86 bits per heavy atom. The summed E-state index contributed by atoms with van der Waals surface area (Å²) in [6.45, 7) is 4.85. The molecule has 0 aliphatic rings. The Labute approximate surface area is 167 Å². The second kappa shape index (κ2) is 9.52. The first-order valence-electron chi connectivity index (χ1n) is 9.17. The Morgan fingerprint density at radius 3 is 2.57 bits per heavy atom. The maximum Gasteiger partial charge on any atom is 0.320 e. The summed E-state index contributed by atoms with van der Waals surface area (Å²) in [5.41, 5.74) is 6.31. The number of aromatic nitrogens is 3. The molecule has 28 heavy (non-hydrogen) atoms. The molecular formula is C19H25N5O3S. The van der Waals surface area contributed by atoms with Crippen molar-refractivity contribution in [3.05, 3.63) is 30.3 Å². The molecule has 2 heterocycles. The Bertz CT molecular complexity index is 888. The number of fused-ring (bicyclic) bond motifs is 1. The van der Waals surface area contributed by atoms with Crippen LogP contribution in [0.1, 0.15) is 20.3 Å². The minimum atomic E-state index is -0.129. The van der Waals surface area contributed by atoms with Gasteiger partial charge in [-0.25, -0.2) is 0 Å². The quantitative estimate of drug-likeness (QED) is 0.443. The van der Waals surface area contributed by atoms with E-state index in [1.165, 1.54) is 11.3 Å². The molecule has 1 aromatic carbocycles. The van der Waals surface area contributed by atoms with Crippen LogP contribution in [-0.2, 0) is 0 Å². The van der Waals surface area contributed by atoms with E-state index in [1.54, 1.807) is 0 Å². The molecule has 0 bridgehead atoms. The van der Waals surface area contributed by atoms with E-state index in [0.29, 0.717) is 29.1 Å². The fraction of sp³-hybridized carbons (Fsp3) is 0.421. The predicted octanol–water partition coefficient (Wildman–Crippen LogP) is 2.95. The van der Waals surface area contributed by atoms with Crippen molar-refractivity contribution in [1.82, 2.24) is 15.0 Å². The van der Waals surface area contributed by atoms with E-state index in [2.05, 4.69) is 34.1 Å². The molecular weight excluding hydrogens is 378 g/mol. The Kier molecular flexibility index (Phi) is 6.83. The van der Waals surface area contributed by atoms with Crippen molar-refractivity contribution in [1.29, 1.82) is 0 Å². The lowest BCUT2D eigenvalue weighted by atomic mass is 10.0. The Hall–Kier alpha value is -2.65. The number of hydrogen-bond donors (Lipinski definition) is 3. The van der Waals surface area contributed by atoms with Crippen LogP contribution >= 0.6 is 11.3 Å². The summed E-state index contributed by atoms with van der Waals surface area (Å²) in [5.74, 6) is 1.77. The number of benzene rings is 1. The first-order valence-corrected chi connectivity index (χ1v) is 9.99. The molecule has 8 nitrogen and oxygen atoms in total. The summed E-state index contributed by atoms with van der Waals surface area (Å²) in [6, 6.07) is 9.58. The first-order chi connectivity index (χ1) is 13.5. The van der Waals surface area contributed by atoms with Crippen molar-refractivity contribution in [2.75, 3.05) is 30.9 Å². The number of ether oxygens (including phenoxy) is 2. The molecule has 0 unspecified atom stereocenters. The molecule has 0 saturated heterocycles. The van der Waals surface area contributed by atoms with Gasteiger partial charge in [-0.15, -0.1) is 0 Å². The Morgan fingerprint density at radius 1 is 1.11 bits per heavy atom. The minimum absolute atomic E-state index is 0.000924. The number of hydrogen-bond acceptors (Lipinski definition) is 9. The van der Waals surface area contributed by atoms with Crippen molar-refractivity contribution in [3.8, 4) is 11.8 Å². The summed E-state index contributed by atoms with van der Waals surface area (Å²) in [4.78, 5) is 13.0. The lowest BCUT2D eigenvalue weighted by molar-refractivity contribution is 0.206. The van der Waals surface area contributed by atoms with Crippen LogP contribution in [0.5, 0.6) is 11.8 Å². The largest absolute Gasteiger partial charge is 0.490 e. The molecule has 0 aliphatic heterocycles. The minimum Gasteiger partial charge on any atom is -0.490 e. The van der Waals surface area contributed by atoms with Gasteiger partial charge in [0.15, 0.2) is 16.6 Å². The zero-order valence-corrected chi connectivity index (χ0v) is 16.8. The van der Waals surface area contributed by atoms with Gasteiger partial charge in [0.05, 0.1) is 12.6 Å². The van der Waals surface area contributed by atoms with E-state index in [9.17, 15) is 5.11 Å². The van der Waals surface area contributed by atoms with Crippen LogP contribution in [0.2, 0.25) is 0 Å². The van der Waals surface area contributed by atoms with E-state index < -0.39 is 0 Å². The van der Waals surface area contributed by atoms with Crippen LogP contribution in [0.3, 0.4) is 0 Å². The summed E-state index contributed by atoms with van der Waals surface area (Å²) in [6.07, 6.45) is 0.803. The molecule has 0 spiro atoms. The van der Waals surface area contributed by atoms with Gasteiger partial charge in [-0.1, -0.05) is 43.4 Å². The van der Waals surface area contributed by atoms with Crippen LogP contribution < -0.4 is 20.5 Å². The van der Waals surface area contributed by atoms with Gasteiger partial charge < -0.3 is 25.6 Å². The van der Waals surface area contributed by atoms with Crippen LogP contribution in [-0.4, -0.2) is 45.9 Å². The van der Waals surface area contributed by atoms with E-state index in [1.807, 2.05) is 30.3 Å². The number of nitrogens with one attached hydrogen (secondary N) is 1. The van der Waals surface area contributed by atoms with Gasteiger partial charge in [0, 0.05) is 0 Å². The second-order valence-electron chi connectivity index (χ2n) is 6.72. The monoisotopic (exact) mass is 403 g/mol. The summed E-state index contributed by atoms with van der Waals surface area (Å²) >= 11 is 1.30. The van der Waals surface area contributed by atoms with Crippen LogP contribution in [0.15, 0.2) is 30.3 Å². The lowest BCUT2D eigenvalue weighted by Gasteiger charge is -2.19. The van der Waals surface area contributed by atoms with Gasteiger partial charge in [0.25, 0.3) is 0 Å². The van der Waals surface area contributed by atoms with Gasteiger partial charge in [-0.2, -0.15) is 15.0 Å². The highest BCUT2D eigenvalue weighted by Crippen LogP contribution is 2.30. The van der Waals surface area contributed by atoms with Crippen molar-refractivity contribution < 1.29 is 14.6 Å². The summed E-state index contributed by atoms with van der Waals surface area (Å²) in [5, 5.41) is 13.4. The molecule has 0 amide bonds. The van der Waals surface area contributed by atoms with E-state index >= 15 is 0 Å². The zero-order valence-electron chi connectivity index (χ0n) is 16.0. The van der Waals surface area contributed by atoms with Gasteiger partial charge in [-0.05, 0) is 24.5 Å². The van der Waals surface area contributed by atoms with Crippen LogP contribution in [0.25, 0.3) is 10.3 Å². The third kappa shape index (κ3) is 5.43. The normalized spacial score (nSPS) is 12.3. The molecule has 150 valence electrons. The number of para-hydroxylation sites is 1. The molecule has 3 aromatic rings. The SMILES string of the molecule is CC(C)C[C@H](CO)Nc1nc(OCCOc2ccccc2)nc2nc(N)sc12. The van der Waals surface area contributed by atoms with Crippen molar-refractivity contribution in [2.45, 2.75) is 26.3 Å². The predicted molar refractivity (Wildman–Crippen MR) is 111 cm³/mol. The van der Waals surface area contributed by atoms with Gasteiger partial charge in [0.2, 0.25) is 0 Å². The number of aliphatic hydroxyl groups is 1. The topological polar surface area (TPSA) is 115 Å². The van der Waals surface area contributed by atoms with E-state index in [4.69, 9.17) is 15.2 Å². The lowest BCUT2D eigenvalue weighted by Crippen LogP contribution is -2.26. The zero-order chi connectivity index (χ0) is 19.9. The molecule has 0 aliphatic carbocycles. The van der Waals surface area contributed by atoms with E-state index in [-0.39, 0.29) is 25.3 Å². The molecule has 0 saturated carbocycles. The van der Waals surface area contributed by atoms with Crippen molar-refractivity contribution in [3.63, 3.8) is 0 Å². The highest BCUT2D eigenvalue weighted by Gasteiger charge is 2.17. The average Bonchev–Trinajstić information content (AvgIpc) is 3.05. The van der Waals surface area contributed by atoms with Crippen molar-refractivity contribution in [2.24, 2.45) is 5.92 Å². The number of nitrogens with two attached hydrogens (primary N) is 1. The van der Waals surface area contributed by atoms with Gasteiger partial charge in [-0.3, -0.25) is 0 Å². The van der Waals surface area contributed by atoms with Gasteiger partial charge in [0.1, 0.15) is 23.7 Å². The standard InChI is InChI=1S/C19H25N5O3S/c1-12(2)10-13(11-25)21-16-15-17(22-18(20)28-15)24-19(23-16)27-9-8-26-14-6-4-3-5-7-14/h3-7,12-13,25H,8-11H2,1-2H3,(H3,20,21,22,23,24)/t13-/m1/s1. The Balaban J connectivity index is 1.70. The van der Waals surface area contributed by atoms with Crippen LogP contribution in [0, 0.1) is 5.92 Å². The third-order valence-electron chi connectivity index (χ3n) is 3.89. The maximum absolute atomic E-state index is 9.67. The number of thiazole rings is 1. The summed E-state index contributed by atoms with van der Waals surface area (Å²) < 4.78 is 12.0. The molecule has 2 aromatic heterocycles. The highest BCUT2D eigenvalue weighted by atomic mass is 32.1. The third-order valence-corrected chi connectivity index (χ3v) is 4.77. The number of nitrogen functional groups attached to an aromatic ring is 1. The fourth-order valence-corrected chi connectivity index (χ4v) is 3.46. The van der Waals surface area contributed by atoms with Crippen LogP contribution in [0.4, 0.5) is 10.9 Å². The fourth-order valence-electron chi connectivity index (χ4n) is 2.73. The number of anilines is 2. The number of aliphatic hydroxyl groups excluding tert-OH is 1. The van der Waals surface area contributed by atoms with Gasteiger partial charge >= 0.3 is 6.01 Å². The van der Waals surface area contributed by atoms with Crippen molar-refractivity contribution >= 4 is 32.6 Å². The summed E-state index contributed by atoms with van der Waals surface area (Å²) in [7, 11) is 0.